The van der Waals surface area contributed by atoms with E-state index in [-0.39, 0.29) is 11.1 Å². The Morgan fingerprint density at radius 1 is 1.29 bits per heavy atom. The first-order valence-corrected chi connectivity index (χ1v) is 6.72. The number of nitrogens with zero attached hydrogens (tertiary/aromatic N) is 1. The predicted octanol–water partition coefficient (Wildman–Crippen LogP) is 2.99. The van der Waals surface area contributed by atoms with Crippen molar-refractivity contribution in [2.24, 2.45) is 0 Å². The van der Waals surface area contributed by atoms with Gasteiger partial charge in [0.15, 0.2) is 0 Å². The molecule has 2 aromatic heterocycles. The summed E-state index contributed by atoms with van der Waals surface area (Å²) in [4.78, 5) is 16.7. The predicted molar refractivity (Wildman–Crippen MR) is 84.1 cm³/mol. The van der Waals surface area contributed by atoms with Crippen LogP contribution in [0.3, 0.4) is 0 Å². The van der Waals surface area contributed by atoms with E-state index in [1.54, 1.807) is 18.2 Å². The maximum atomic E-state index is 12.6. The number of benzene rings is 1. The zero-order valence-electron chi connectivity index (χ0n) is 11.9. The summed E-state index contributed by atoms with van der Waals surface area (Å²) in [7, 11) is 0. The number of nitrogens with two attached hydrogens (primary N) is 1. The minimum Gasteiger partial charge on any atom is -0.437 e. The minimum absolute atomic E-state index is 0.109. The zero-order chi connectivity index (χ0) is 15.0. The lowest BCUT2D eigenvalue weighted by molar-refractivity contribution is 0.645. The van der Waals surface area contributed by atoms with Gasteiger partial charge in [-0.05, 0) is 36.8 Å². The van der Waals surface area contributed by atoms with Crippen molar-refractivity contribution >= 4 is 27.9 Å². The number of pyridine rings is 1. The maximum absolute atomic E-state index is 12.6. The van der Waals surface area contributed by atoms with Crippen molar-refractivity contribution in [1.82, 2.24) is 4.98 Å². The summed E-state index contributed by atoms with van der Waals surface area (Å²) < 4.78 is 5.68. The molecule has 0 radical (unpaired) electrons. The second kappa shape index (κ2) is 4.95. The highest BCUT2D eigenvalue weighted by Gasteiger charge is 2.11. The highest BCUT2D eigenvalue weighted by Crippen LogP contribution is 2.21. The lowest BCUT2D eigenvalue weighted by Gasteiger charge is -2.04. The second-order valence-electron chi connectivity index (χ2n) is 4.84. The summed E-state index contributed by atoms with van der Waals surface area (Å²) in [5, 5.41) is 0.950. The fourth-order valence-corrected chi connectivity index (χ4v) is 2.16. The molecule has 2 N–H and O–H groups in total. The fraction of sp³-hybridized carbons (Fsp3) is 0.176. The molecule has 2 heterocycles. The lowest BCUT2D eigenvalue weighted by atomic mass is 10.1. The van der Waals surface area contributed by atoms with E-state index >= 15 is 0 Å². The number of anilines is 1. The zero-order valence-corrected chi connectivity index (χ0v) is 11.9. The molecule has 3 rings (SSSR count). The molecule has 0 aliphatic carbocycles. The van der Waals surface area contributed by atoms with Crippen molar-refractivity contribution < 1.29 is 4.42 Å². The molecule has 0 atom stereocenters. The maximum Gasteiger partial charge on any atom is 0.232 e. The van der Waals surface area contributed by atoms with Crippen LogP contribution in [-0.4, -0.2) is 4.98 Å². The molecular formula is C17H14N2O2. The molecule has 0 spiro atoms. The number of fused-ring (bicyclic) bond motifs is 2. The third-order valence-corrected chi connectivity index (χ3v) is 3.30. The van der Waals surface area contributed by atoms with Crippen LogP contribution in [0.4, 0.5) is 5.82 Å². The summed E-state index contributed by atoms with van der Waals surface area (Å²) >= 11 is 0. The Bertz CT molecular complexity index is 975. The van der Waals surface area contributed by atoms with Crippen molar-refractivity contribution in [2.75, 3.05) is 5.73 Å². The Kier molecular flexibility index (Phi) is 3.11. The Hall–Kier alpha value is -2.80. The molecule has 104 valence electrons. The van der Waals surface area contributed by atoms with E-state index in [0.717, 1.165) is 17.5 Å². The van der Waals surface area contributed by atoms with Crippen LogP contribution in [0, 0.1) is 18.8 Å². The second-order valence-corrected chi connectivity index (χ2v) is 4.84. The van der Waals surface area contributed by atoms with Crippen molar-refractivity contribution in [3.05, 3.63) is 45.6 Å². The number of aryl methyl sites for hydroxylation is 1. The molecule has 0 saturated carbocycles. The van der Waals surface area contributed by atoms with Crippen LogP contribution in [-0.2, 0) is 0 Å². The van der Waals surface area contributed by atoms with Gasteiger partial charge in [-0.3, -0.25) is 4.79 Å². The Morgan fingerprint density at radius 2 is 2.10 bits per heavy atom. The highest BCUT2D eigenvalue weighted by molar-refractivity contribution is 5.89. The van der Waals surface area contributed by atoms with Gasteiger partial charge in [0.1, 0.15) is 11.4 Å². The Balaban J connectivity index is 2.37. The van der Waals surface area contributed by atoms with E-state index in [2.05, 4.69) is 16.8 Å². The van der Waals surface area contributed by atoms with Gasteiger partial charge in [0.05, 0.1) is 10.8 Å². The number of nitrogen functional groups attached to an aromatic ring is 1. The number of hydrogen-bond donors (Lipinski definition) is 1. The summed E-state index contributed by atoms with van der Waals surface area (Å²) in [6, 6.07) is 7.05. The summed E-state index contributed by atoms with van der Waals surface area (Å²) in [5.41, 5.74) is 7.98. The molecular weight excluding hydrogens is 264 g/mol. The molecule has 0 fully saturated rings. The first-order valence-electron chi connectivity index (χ1n) is 6.72. The van der Waals surface area contributed by atoms with Crippen molar-refractivity contribution in [3.63, 3.8) is 0 Å². The molecule has 4 nitrogen and oxygen atoms in total. The summed E-state index contributed by atoms with van der Waals surface area (Å²) in [5.74, 6) is 6.38. The van der Waals surface area contributed by atoms with E-state index in [1.807, 2.05) is 19.9 Å². The SMILES string of the molecule is CCC#Cc1ccc2oc3nc(N)c(C)cc3c(=O)c2c1. The van der Waals surface area contributed by atoms with Crippen LogP contribution in [0.5, 0.6) is 0 Å². The van der Waals surface area contributed by atoms with Gasteiger partial charge in [0.2, 0.25) is 11.1 Å². The quantitative estimate of drug-likeness (QED) is 0.507. The molecule has 0 bridgehead atoms. The van der Waals surface area contributed by atoms with Gasteiger partial charge in [-0.1, -0.05) is 18.8 Å². The average Bonchev–Trinajstić information content (AvgIpc) is 2.48. The van der Waals surface area contributed by atoms with Gasteiger partial charge in [0, 0.05) is 12.0 Å². The average molecular weight is 278 g/mol. The first-order chi connectivity index (χ1) is 10.1. The highest BCUT2D eigenvalue weighted by atomic mass is 16.3. The van der Waals surface area contributed by atoms with Crippen LogP contribution in [0.1, 0.15) is 24.5 Å². The van der Waals surface area contributed by atoms with E-state index in [0.29, 0.717) is 22.2 Å². The topological polar surface area (TPSA) is 69.1 Å². The van der Waals surface area contributed by atoms with E-state index in [9.17, 15) is 4.79 Å². The van der Waals surface area contributed by atoms with Gasteiger partial charge in [0.25, 0.3) is 0 Å². The molecule has 3 aromatic rings. The number of hydrogen-bond acceptors (Lipinski definition) is 4. The minimum atomic E-state index is -0.109. The first kappa shape index (κ1) is 13.2. The molecule has 1 aromatic carbocycles. The largest absolute Gasteiger partial charge is 0.437 e. The number of rotatable bonds is 0. The van der Waals surface area contributed by atoms with Gasteiger partial charge in [-0.2, -0.15) is 4.98 Å². The lowest BCUT2D eigenvalue weighted by Crippen LogP contribution is -2.05. The van der Waals surface area contributed by atoms with Gasteiger partial charge < -0.3 is 10.2 Å². The van der Waals surface area contributed by atoms with Crippen LogP contribution in [0.25, 0.3) is 22.1 Å². The number of aromatic nitrogens is 1. The molecule has 0 aliphatic rings. The third kappa shape index (κ3) is 2.23. The van der Waals surface area contributed by atoms with E-state index < -0.39 is 0 Å². The summed E-state index contributed by atoms with van der Waals surface area (Å²) in [6.45, 7) is 3.79. The van der Waals surface area contributed by atoms with Crippen molar-refractivity contribution in [3.8, 4) is 11.8 Å². The summed E-state index contributed by atoms with van der Waals surface area (Å²) in [6.07, 6.45) is 0.771. The van der Waals surface area contributed by atoms with Gasteiger partial charge >= 0.3 is 0 Å². The smallest absolute Gasteiger partial charge is 0.232 e. The monoisotopic (exact) mass is 278 g/mol. The molecule has 0 saturated heterocycles. The standard InChI is InChI=1S/C17H14N2O2/c1-3-4-5-11-6-7-14-12(9-11)15(20)13-8-10(2)16(18)19-17(13)21-14/h6-9H,3H2,1-2H3,(H2,18,19). The van der Waals surface area contributed by atoms with Crippen molar-refractivity contribution in [2.45, 2.75) is 20.3 Å². The van der Waals surface area contributed by atoms with Crippen molar-refractivity contribution in [1.29, 1.82) is 0 Å². The van der Waals surface area contributed by atoms with Gasteiger partial charge in [-0.15, -0.1) is 0 Å². The molecule has 0 unspecified atom stereocenters. The van der Waals surface area contributed by atoms with Gasteiger partial charge in [-0.25, -0.2) is 0 Å². The molecule has 0 amide bonds. The fourth-order valence-electron chi connectivity index (χ4n) is 2.16. The Morgan fingerprint density at radius 3 is 2.86 bits per heavy atom. The van der Waals surface area contributed by atoms with Crippen LogP contribution >= 0.6 is 0 Å². The normalized spacial score (nSPS) is 10.6. The van der Waals surface area contributed by atoms with E-state index in [1.165, 1.54) is 0 Å². The van der Waals surface area contributed by atoms with E-state index in [4.69, 9.17) is 10.2 Å². The van der Waals surface area contributed by atoms with Crippen LogP contribution in [0.15, 0.2) is 33.5 Å². The molecule has 4 heteroatoms. The molecule has 0 aliphatic heterocycles. The third-order valence-electron chi connectivity index (χ3n) is 3.30. The van der Waals surface area contributed by atoms with Crippen LogP contribution < -0.4 is 11.2 Å². The van der Waals surface area contributed by atoms with Crippen LogP contribution in [0.2, 0.25) is 0 Å². The molecule has 21 heavy (non-hydrogen) atoms. The Labute approximate surface area is 121 Å².